The Morgan fingerprint density at radius 3 is 2.48 bits per heavy atom. The Morgan fingerprint density at radius 1 is 1.29 bits per heavy atom. The minimum Gasteiger partial charge on any atom is -0.389 e. The van der Waals surface area contributed by atoms with Gasteiger partial charge in [-0.3, -0.25) is 9.59 Å². The molecule has 0 saturated carbocycles. The van der Waals surface area contributed by atoms with Crippen molar-refractivity contribution in [2.45, 2.75) is 50.9 Å². The summed E-state index contributed by atoms with van der Waals surface area (Å²) in [7, 11) is 0. The number of aromatic nitrogens is 1. The van der Waals surface area contributed by atoms with E-state index in [0.717, 1.165) is 6.92 Å². The van der Waals surface area contributed by atoms with Crippen LogP contribution in [0, 0.1) is 12.7 Å². The number of carbonyl (C=O) groups excluding carboxylic acids is 2. The Balaban J connectivity index is 1.86. The van der Waals surface area contributed by atoms with Crippen LogP contribution in [-0.4, -0.2) is 46.8 Å². The lowest BCUT2D eigenvalue weighted by molar-refractivity contribution is -0.147. The van der Waals surface area contributed by atoms with E-state index in [2.05, 4.69) is 15.6 Å². The number of hydrogen-bond acceptors (Lipinski definition) is 3. The van der Waals surface area contributed by atoms with Crippen molar-refractivity contribution in [3.05, 3.63) is 46.9 Å². The molecule has 1 fully saturated rings. The maximum Gasteiger partial charge on any atom is 0.396 e. The quantitative estimate of drug-likeness (QED) is 0.520. The highest BCUT2D eigenvalue weighted by molar-refractivity contribution is 5.90. The lowest BCUT2D eigenvalue weighted by Crippen LogP contribution is -2.45. The molecule has 1 aliphatic heterocycles. The van der Waals surface area contributed by atoms with Gasteiger partial charge in [-0.25, -0.2) is 4.39 Å². The summed E-state index contributed by atoms with van der Waals surface area (Å²) in [5.74, 6) is -3.25. The number of carbonyl (C=O) groups is 2. The number of amides is 2. The van der Waals surface area contributed by atoms with E-state index in [9.17, 15) is 32.3 Å². The molecule has 1 aromatic heterocycles. The molecular weight excluding hydrogens is 418 g/mol. The molecule has 10 heteroatoms. The number of H-pyrrole nitrogens is 1. The maximum atomic E-state index is 13.3. The molecule has 168 valence electrons. The van der Waals surface area contributed by atoms with E-state index in [-0.39, 0.29) is 25.1 Å². The molecule has 2 aromatic rings. The topological polar surface area (TPSA) is 94.2 Å². The molecule has 4 N–H and O–H groups in total. The monoisotopic (exact) mass is 441 g/mol. The highest BCUT2D eigenvalue weighted by Gasteiger charge is 2.40. The number of benzene rings is 1. The highest BCUT2D eigenvalue weighted by Crippen LogP contribution is 2.39. The standard InChI is InChI=1S/C21H23F4N3O3/c1-10-14(7-8-16(30)27-19-15(29)9-26-20(19)31)18(12-3-5-13(22)6-4-12)28-17(10)11(2)21(23,24)25/h3-6,11,15,19,28-29H,7-9H2,1-2H3,(H,26,31)(H,27,30)/t11-,15-,19+/m1/s1. The third-order valence-corrected chi connectivity index (χ3v) is 5.55. The first-order valence-electron chi connectivity index (χ1n) is 9.78. The maximum absolute atomic E-state index is 13.3. The number of aliphatic hydroxyl groups excluding tert-OH is 1. The van der Waals surface area contributed by atoms with Crippen molar-refractivity contribution in [2.75, 3.05) is 6.54 Å². The van der Waals surface area contributed by atoms with E-state index in [0.29, 0.717) is 22.4 Å². The van der Waals surface area contributed by atoms with Gasteiger partial charge in [-0.05, 0) is 61.2 Å². The largest absolute Gasteiger partial charge is 0.396 e. The van der Waals surface area contributed by atoms with E-state index < -0.39 is 41.9 Å². The molecule has 31 heavy (non-hydrogen) atoms. The Labute approximate surface area is 176 Å². The first-order chi connectivity index (χ1) is 14.5. The molecule has 1 aliphatic rings. The van der Waals surface area contributed by atoms with Crippen molar-refractivity contribution in [3.8, 4) is 11.3 Å². The second-order valence-electron chi connectivity index (χ2n) is 7.65. The summed E-state index contributed by atoms with van der Waals surface area (Å²) in [5, 5.41) is 14.6. The van der Waals surface area contributed by atoms with Crippen LogP contribution in [0.2, 0.25) is 0 Å². The summed E-state index contributed by atoms with van der Waals surface area (Å²) >= 11 is 0. The average Bonchev–Trinajstić information content (AvgIpc) is 3.19. The van der Waals surface area contributed by atoms with Crippen LogP contribution in [0.1, 0.15) is 36.1 Å². The minimum absolute atomic E-state index is 0.0205. The van der Waals surface area contributed by atoms with E-state index in [1.165, 1.54) is 24.3 Å². The zero-order valence-corrected chi connectivity index (χ0v) is 16.9. The number of rotatable bonds is 6. The van der Waals surface area contributed by atoms with Crippen LogP contribution in [0.4, 0.5) is 17.6 Å². The van der Waals surface area contributed by atoms with Crippen LogP contribution in [0.25, 0.3) is 11.3 Å². The van der Waals surface area contributed by atoms with Crippen LogP contribution in [-0.2, 0) is 16.0 Å². The number of β-amino-alcohol motifs (C(OH)–C–C–N with tert-alkyl or cyclic N) is 1. The number of halogens is 4. The van der Waals surface area contributed by atoms with Gasteiger partial charge in [0.25, 0.3) is 0 Å². The summed E-state index contributed by atoms with van der Waals surface area (Å²) < 4.78 is 53.3. The van der Waals surface area contributed by atoms with Crippen LogP contribution >= 0.6 is 0 Å². The molecule has 2 amide bonds. The van der Waals surface area contributed by atoms with Gasteiger partial charge in [0, 0.05) is 24.4 Å². The number of nitrogens with one attached hydrogen (secondary N) is 3. The van der Waals surface area contributed by atoms with Crippen molar-refractivity contribution in [3.63, 3.8) is 0 Å². The summed E-state index contributed by atoms with van der Waals surface area (Å²) in [5.41, 5.74) is 1.73. The van der Waals surface area contributed by atoms with Gasteiger partial charge in [-0.1, -0.05) is 0 Å². The Kier molecular flexibility index (Phi) is 6.40. The fourth-order valence-electron chi connectivity index (χ4n) is 3.68. The fraction of sp³-hybridized carbons (Fsp3) is 0.429. The number of aromatic amines is 1. The van der Waals surface area contributed by atoms with Crippen molar-refractivity contribution < 1.29 is 32.3 Å². The number of aliphatic hydroxyl groups is 1. The zero-order chi connectivity index (χ0) is 22.9. The first kappa shape index (κ1) is 22.8. The number of alkyl halides is 3. The predicted octanol–water partition coefficient (Wildman–Crippen LogP) is 2.70. The van der Waals surface area contributed by atoms with E-state index in [4.69, 9.17) is 0 Å². The molecular formula is C21H23F4N3O3. The van der Waals surface area contributed by atoms with Gasteiger partial charge in [-0.15, -0.1) is 0 Å². The summed E-state index contributed by atoms with van der Waals surface area (Å²) in [6, 6.07) is 4.25. The van der Waals surface area contributed by atoms with E-state index in [1.807, 2.05) is 0 Å². The van der Waals surface area contributed by atoms with Gasteiger partial charge >= 0.3 is 6.18 Å². The van der Waals surface area contributed by atoms with Crippen molar-refractivity contribution >= 4 is 11.8 Å². The molecule has 2 heterocycles. The van der Waals surface area contributed by atoms with E-state index in [1.54, 1.807) is 6.92 Å². The smallest absolute Gasteiger partial charge is 0.389 e. The van der Waals surface area contributed by atoms with Crippen molar-refractivity contribution in [1.82, 2.24) is 15.6 Å². The van der Waals surface area contributed by atoms with E-state index >= 15 is 0 Å². The molecule has 0 aliphatic carbocycles. The Bertz CT molecular complexity index is 969. The van der Waals surface area contributed by atoms with Crippen LogP contribution in [0.3, 0.4) is 0 Å². The van der Waals surface area contributed by atoms with Crippen molar-refractivity contribution in [2.24, 2.45) is 0 Å². The summed E-state index contributed by atoms with van der Waals surface area (Å²) in [6.45, 7) is 2.63. The highest BCUT2D eigenvalue weighted by atomic mass is 19.4. The number of hydrogen-bond donors (Lipinski definition) is 4. The van der Waals surface area contributed by atoms with Crippen LogP contribution in [0.5, 0.6) is 0 Å². The molecule has 1 saturated heterocycles. The predicted molar refractivity (Wildman–Crippen MR) is 105 cm³/mol. The zero-order valence-electron chi connectivity index (χ0n) is 16.9. The normalized spacial score (nSPS) is 19.9. The second-order valence-corrected chi connectivity index (χ2v) is 7.65. The van der Waals surface area contributed by atoms with Crippen molar-refractivity contribution in [1.29, 1.82) is 0 Å². The molecule has 3 atom stereocenters. The van der Waals surface area contributed by atoms with Gasteiger partial charge in [-0.2, -0.15) is 13.2 Å². The van der Waals surface area contributed by atoms with Crippen LogP contribution < -0.4 is 10.6 Å². The van der Waals surface area contributed by atoms with Gasteiger partial charge in [0.1, 0.15) is 18.0 Å². The molecule has 0 spiro atoms. The lowest BCUT2D eigenvalue weighted by atomic mass is 9.97. The molecule has 0 unspecified atom stereocenters. The SMILES string of the molecule is Cc1c([C@@H](C)C(F)(F)F)[nH]c(-c2ccc(F)cc2)c1CCC(=O)N[C@@H]1C(=O)NC[C@H]1O. The first-order valence-corrected chi connectivity index (χ1v) is 9.78. The van der Waals surface area contributed by atoms with Gasteiger partial charge in [0.15, 0.2) is 0 Å². The third kappa shape index (κ3) is 4.90. The molecule has 3 rings (SSSR count). The fourth-order valence-corrected chi connectivity index (χ4v) is 3.68. The Hall–Kier alpha value is -2.88. The molecule has 0 bridgehead atoms. The van der Waals surface area contributed by atoms with Crippen LogP contribution in [0.15, 0.2) is 24.3 Å². The summed E-state index contributed by atoms with van der Waals surface area (Å²) in [4.78, 5) is 26.8. The average molecular weight is 441 g/mol. The summed E-state index contributed by atoms with van der Waals surface area (Å²) in [6.07, 6.45) is -5.52. The second kappa shape index (κ2) is 8.70. The minimum atomic E-state index is -4.46. The van der Waals surface area contributed by atoms with Gasteiger partial charge in [0.2, 0.25) is 11.8 Å². The third-order valence-electron chi connectivity index (χ3n) is 5.55. The van der Waals surface area contributed by atoms with Gasteiger partial charge < -0.3 is 20.7 Å². The lowest BCUT2D eigenvalue weighted by Gasteiger charge is -2.15. The Morgan fingerprint density at radius 2 is 1.94 bits per heavy atom. The molecule has 1 aromatic carbocycles. The molecule has 0 radical (unpaired) electrons. The molecule has 6 nitrogen and oxygen atoms in total. The van der Waals surface area contributed by atoms with Gasteiger partial charge in [0.05, 0.1) is 5.92 Å².